The van der Waals surface area contributed by atoms with Gasteiger partial charge in [-0.1, -0.05) is 307 Å². The number of hydrogen-bond donors (Lipinski definition) is 2. The van der Waals surface area contributed by atoms with Crippen LogP contribution >= 0.6 is 7.82 Å². The van der Waals surface area contributed by atoms with Crippen LogP contribution in [0.1, 0.15) is 355 Å². The zero-order valence-electron chi connectivity index (χ0n) is 57.1. The van der Waals surface area contributed by atoms with E-state index in [4.69, 9.17) is 13.8 Å². The molecule has 0 aliphatic carbocycles. The van der Waals surface area contributed by atoms with Gasteiger partial charge in [-0.25, -0.2) is 4.57 Å². The first kappa shape index (κ1) is 82.7. The quantitative estimate of drug-likeness (QED) is 0.0205. The second kappa shape index (κ2) is 64.7. The number of nitrogens with one attached hydrogen (secondary N) is 1. The summed E-state index contributed by atoms with van der Waals surface area (Å²) in [5.74, 6) is -0.494. The Kier molecular flexibility index (Phi) is 62.9. The molecule has 1 amide bonds. The molecule has 0 aromatic rings. The maximum Gasteiger partial charge on any atom is 0.472 e. The van der Waals surface area contributed by atoms with Crippen molar-refractivity contribution in [2.45, 2.75) is 367 Å². The van der Waals surface area contributed by atoms with Gasteiger partial charge in [0.2, 0.25) is 5.91 Å². The fourth-order valence-corrected chi connectivity index (χ4v) is 11.5. The Hall–Kier alpha value is -2.29. The van der Waals surface area contributed by atoms with Crippen LogP contribution in [0.3, 0.4) is 0 Å². The molecule has 0 heterocycles. The minimum absolute atomic E-state index is 0.0404. The van der Waals surface area contributed by atoms with Crippen molar-refractivity contribution in [3.63, 3.8) is 0 Å². The van der Waals surface area contributed by atoms with Crippen LogP contribution < -0.4 is 5.32 Å². The summed E-state index contributed by atoms with van der Waals surface area (Å²) in [5.41, 5.74) is 0. The van der Waals surface area contributed by atoms with Crippen molar-refractivity contribution in [1.29, 1.82) is 0 Å². The maximum absolute atomic E-state index is 13.6. The van der Waals surface area contributed by atoms with Crippen LogP contribution in [-0.2, 0) is 27.9 Å². The highest BCUT2D eigenvalue weighted by atomic mass is 31.2. The van der Waals surface area contributed by atoms with Crippen LogP contribution in [0, 0.1) is 0 Å². The first-order valence-electron chi connectivity index (χ1n) is 36.6. The Morgan fingerprint density at radius 2 is 0.718 bits per heavy atom. The number of esters is 1. The lowest BCUT2D eigenvalue weighted by Gasteiger charge is -2.27. The first-order valence-corrected chi connectivity index (χ1v) is 38.1. The number of ether oxygens (including phenoxy) is 1. The molecule has 0 aromatic heterocycles. The number of quaternary nitrogens is 1. The third kappa shape index (κ3) is 66.0. The molecule has 0 saturated heterocycles. The molecule has 0 aromatic carbocycles. The number of carbonyl (C=O) groups is 2. The van der Waals surface area contributed by atoms with E-state index >= 15 is 0 Å². The van der Waals surface area contributed by atoms with Gasteiger partial charge in [-0.2, -0.15) is 0 Å². The van der Waals surface area contributed by atoms with Gasteiger partial charge in [-0.3, -0.25) is 18.6 Å². The van der Waals surface area contributed by atoms with Crippen LogP contribution in [0.5, 0.6) is 0 Å². The van der Waals surface area contributed by atoms with E-state index in [1.807, 2.05) is 33.3 Å². The van der Waals surface area contributed by atoms with Gasteiger partial charge in [-0.05, 0) is 96.0 Å². The topological polar surface area (TPSA) is 111 Å². The number of amides is 1. The number of rotatable bonds is 67. The van der Waals surface area contributed by atoms with Crippen molar-refractivity contribution < 1.29 is 37.3 Å². The Morgan fingerprint density at radius 3 is 1.11 bits per heavy atom. The first-order chi connectivity index (χ1) is 41.4. The summed E-state index contributed by atoms with van der Waals surface area (Å²) in [5, 5.41) is 3.08. The second-order valence-corrected chi connectivity index (χ2v) is 27.6. The minimum Gasteiger partial charge on any atom is -0.456 e. The van der Waals surface area contributed by atoms with Crippen LogP contribution in [0.15, 0.2) is 60.8 Å². The molecule has 0 radical (unpaired) electrons. The summed E-state index contributed by atoms with van der Waals surface area (Å²) in [6.07, 6.45) is 83.7. The minimum atomic E-state index is -4.46. The summed E-state index contributed by atoms with van der Waals surface area (Å²) in [7, 11) is 1.50. The van der Waals surface area contributed by atoms with E-state index in [-0.39, 0.29) is 25.1 Å². The van der Waals surface area contributed by atoms with Crippen LogP contribution in [0.4, 0.5) is 0 Å². The van der Waals surface area contributed by atoms with Crippen LogP contribution in [-0.4, -0.2) is 74.3 Å². The average Bonchev–Trinajstić information content (AvgIpc) is 3.50. The molecule has 0 aliphatic rings. The van der Waals surface area contributed by atoms with Crippen molar-refractivity contribution >= 4 is 19.7 Å². The SMILES string of the molecule is CCCCC/C=C\C/C=C\C/C=C\CCCCCCCCCCCCCCCCC(=O)OC(/C=C\CCCCCCCCCCCCC)C(COP(=O)(O)OCC[N+](C)(C)C)NC(=O)CCCCCCCCCCC/C=C/CCCCCCCC. The number of likely N-dealkylation sites (N-methyl/N-ethyl adjacent to an activating group) is 1. The summed E-state index contributed by atoms with van der Waals surface area (Å²) >= 11 is 0. The predicted octanol–water partition coefficient (Wildman–Crippen LogP) is 23.3. The highest BCUT2D eigenvalue weighted by molar-refractivity contribution is 7.47. The fourth-order valence-electron chi connectivity index (χ4n) is 10.8. The molecule has 0 spiro atoms. The maximum atomic E-state index is 13.6. The van der Waals surface area contributed by atoms with Crippen molar-refractivity contribution in [3.05, 3.63) is 60.8 Å². The Bertz CT molecular complexity index is 1640. The molecule has 0 fully saturated rings. The standard InChI is InChI=1S/C75H141N2O7P/c1-7-10-13-16-19-22-25-28-30-32-34-35-36-37-38-39-40-41-43-45-47-50-53-56-59-62-65-68-75(79)84-73(66-63-60-57-54-51-48-27-24-21-18-15-12-9-3)72(71-83-85(80,81)82-70-69-77(4,5)6)76-74(78)67-64-61-58-55-52-49-46-44-42-33-31-29-26-23-20-17-14-11-8-2/h19,22,28-31,34-35,63,66,72-73H,7-18,20-21,23-27,32-33,36-62,64-65,67-71H2,1-6H3,(H-,76,78,80,81)/p+1/b22-19-,30-28-,31-29+,35-34-,66-63-. The Labute approximate surface area is 528 Å². The third-order valence-electron chi connectivity index (χ3n) is 16.4. The van der Waals surface area contributed by atoms with Gasteiger partial charge in [0, 0.05) is 12.8 Å². The molecule has 0 saturated carbocycles. The predicted molar refractivity (Wildman–Crippen MR) is 369 cm³/mol. The number of nitrogens with zero attached hydrogens (tertiary/aromatic N) is 1. The molecule has 0 bridgehead atoms. The largest absolute Gasteiger partial charge is 0.472 e. The highest BCUT2D eigenvalue weighted by Gasteiger charge is 2.30. The van der Waals surface area contributed by atoms with E-state index < -0.39 is 20.0 Å². The molecule has 0 rings (SSSR count). The molecule has 9 nitrogen and oxygen atoms in total. The van der Waals surface area contributed by atoms with Gasteiger partial charge in [-0.15, -0.1) is 0 Å². The van der Waals surface area contributed by atoms with E-state index in [9.17, 15) is 19.0 Å². The van der Waals surface area contributed by atoms with Crippen molar-refractivity contribution in [1.82, 2.24) is 5.32 Å². The number of unbranched alkanes of at least 4 members (excludes halogenated alkanes) is 43. The number of hydrogen-bond acceptors (Lipinski definition) is 6. The summed E-state index contributed by atoms with van der Waals surface area (Å²) < 4.78 is 30.9. The Morgan fingerprint density at radius 1 is 0.412 bits per heavy atom. The molecule has 3 unspecified atom stereocenters. The molecule has 0 aliphatic heterocycles. The van der Waals surface area contributed by atoms with Gasteiger partial charge < -0.3 is 19.4 Å². The molecule has 85 heavy (non-hydrogen) atoms. The van der Waals surface area contributed by atoms with Gasteiger partial charge in [0.25, 0.3) is 0 Å². The molecule has 498 valence electrons. The molecule has 3 atom stereocenters. The van der Waals surface area contributed by atoms with Crippen LogP contribution in [0.2, 0.25) is 0 Å². The Balaban J connectivity index is 5.04. The highest BCUT2D eigenvalue weighted by Crippen LogP contribution is 2.43. The summed E-state index contributed by atoms with van der Waals surface area (Å²) in [6.45, 7) is 7.03. The van der Waals surface area contributed by atoms with E-state index in [0.717, 1.165) is 70.6 Å². The monoisotopic (exact) mass is 1210 g/mol. The van der Waals surface area contributed by atoms with Gasteiger partial charge >= 0.3 is 13.8 Å². The molecule has 2 N–H and O–H groups in total. The van der Waals surface area contributed by atoms with Crippen LogP contribution in [0.25, 0.3) is 0 Å². The van der Waals surface area contributed by atoms with Gasteiger partial charge in [0.15, 0.2) is 0 Å². The van der Waals surface area contributed by atoms with E-state index in [1.165, 1.54) is 250 Å². The lowest BCUT2D eigenvalue weighted by Crippen LogP contribution is -2.47. The zero-order chi connectivity index (χ0) is 62.1. The lowest BCUT2D eigenvalue weighted by molar-refractivity contribution is -0.870. The fraction of sp³-hybridized carbons (Fsp3) is 0.840. The van der Waals surface area contributed by atoms with E-state index in [0.29, 0.717) is 23.9 Å². The molecular weight excluding hydrogens is 1070 g/mol. The molecular formula is C75H142N2O7P+. The zero-order valence-corrected chi connectivity index (χ0v) is 58.0. The van der Waals surface area contributed by atoms with Crippen molar-refractivity contribution in [3.8, 4) is 0 Å². The second-order valence-electron chi connectivity index (χ2n) is 26.1. The van der Waals surface area contributed by atoms with Gasteiger partial charge in [0.1, 0.15) is 19.3 Å². The number of carbonyl (C=O) groups excluding carboxylic acids is 2. The summed E-state index contributed by atoms with van der Waals surface area (Å²) in [6, 6.07) is -0.850. The average molecular weight is 1210 g/mol. The van der Waals surface area contributed by atoms with Gasteiger partial charge in [0.05, 0.1) is 33.8 Å². The number of phosphoric ester groups is 1. The van der Waals surface area contributed by atoms with E-state index in [1.54, 1.807) is 0 Å². The smallest absolute Gasteiger partial charge is 0.456 e. The molecule has 10 heteroatoms. The van der Waals surface area contributed by atoms with Crippen molar-refractivity contribution in [2.75, 3.05) is 40.9 Å². The number of phosphoric acid groups is 1. The normalized spacial score (nSPS) is 13.8. The number of allylic oxidation sites excluding steroid dienone is 9. The van der Waals surface area contributed by atoms with E-state index in [2.05, 4.69) is 74.7 Å². The lowest BCUT2D eigenvalue weighted by atomic mass is 10.0. The van der Waals surface area contributed by atoms with Crippen molar-refractivity contribution in [2.24, 2.45) is 0 Å². The summed E-state index contributed by atoms with van der Waals surface area (Å²) in [4.78, 5) is 37.9. The third-order valence-corrected chi connectivity index (χ3v) is 17.4.